The number of aryl methyl sites for hydroxylation is 2. The van der Waals surface area contributed by atoms with Crippen LogP contribution >= 0.6 is 11.6 Å². The fourth-order valence-corrected chi connectivity index (χ4v) is 1.51. The molecule has 0 bridgehead atoms. The number of nitrogens with one attached hydrogen (secondary N) is 1. The Balaban J connectivity index is 2.37. The second kappa shape index (κ2) is 6.46. The van der Waals surface area contributed by atoms with E-state index < -0.39 is 0 Å². The van der Waals surface area contributed by atoms with Crippen LogP contribution in [0.15, 0.2) is 24.3 Å². The Kier molecular flexibility index (Phi) is 5.19. The molecule has 0 unspecified atom stereocenters. The number of carbonyl (C=O) groups is 1. The summed E-state index contributed by atoms with van der Waals surface area (Å²) < 4.78 is 0. The first kappa shape index (κ1) is 12.1. The number of rotatable bonds is 5. The molecule has 15 heavy (non-hydrogen) atoms. The van der Waals surface area contributed by atoms with E-state index >= 15 is 0 Å². The van der Waals surface area contributed by atoms with Crippen molar-refractivity contribution in [2.75, 3.05) is 12.4 Å². The average molecular weight is 226 g/mol. The standard InChI is InChI=1S/C12H16ClNO/c1-10-4-2-3-5-11(10)6-7-12(15)14-9-8-13/h2-5H,6-9H2,1H3,(H,14,15). The Bertz CT molecular complexity index is 325. The normalized spacial score (nSPS) is 10.0. The number of hydrogen-bond donors (Lipinski definition) is 1. The lowest BCUT2D eigenvalue weighted by Gasteiger charge is -2.05. The van der Waals surface area contributed by atoms with Crippen molar-refractivity contribution in [3.05, 3.63) is 35.4 Å². The largest absolute Gasteiger partial charge is 0.355 e. The van der Waals surface area contributed by atoms with Crippen LogP contribution in [0, 0.1) is 6.92 Å². The van der Waals surface area contributed by atoms with Crippen LogP contribution in [0.3, 0.4) is 0 Å². The van der Waals surface area contributed by atoms with Gasteiger partial charge in [-0.15, -0.1) is 11.6 Å². The highest BCUT2D eigenvalue weighted by Gasteiger charge is 2.02. The summed E-state index contributed by atoms with van der Waals surface area (Å²) in [7, 11) is 0. The number of hydrogen-bond acceptors (Lipinski definition) is 1. The van der Waals surface area contributed by atoms with Crippen LogP contribution in [-0.2, 0) is 11.2 Å². The van der Waals surface area contributed by atoms with E-state index in [4.69, 9.17) is 11.6 Å². The van der Waals surface area contributed by atoms with Crippen LogP contribution in [0.5, 0.6) is 0 Å². The van der Waals surface area contributed by atoms with Crippen molar-refractivity contribution in [3.63, 3.8) is 0 Å². The fourth-order valence-electron chi connectivity index (χ4n) is 1.41. The van der Waals surface area contributed by atoms with E-state index in [-0.39, 0.29) is 5.91 Å². The van der Waals surface area contributed by atoms with E-state index in [0.717, 1.165) is 6.42 Å². The molecule has 1 N–H and O–H groups in total. The summed E-state index contributed by atoms with van der Waals surface area (Å²) in [4.78, 5) is 11.3. The maximum absolute atomic E-state index is 11.3. The zero-order chi connectivity index (χ0) is 11.1. The van der Waals surface area contributed by atoms with E-state index in [2.05, 4.69) is 24.4 Å². The molecule has 1 rings (SSSR count). The third-order valence-electron chi connectivity index (χ3n) is 2.30. The number of benzene rings is 1. The SMILES string of the molecule is Cc1ccccc1CCC(=O)NCCCl. The number of halogens is 1. The molecular weight excluding hydrogens is 210 g/mol. The lowest BCUT2D eigenvalue weighted by molar-refractivity contribution is -0.120. The molecule has 3 heteroatoms. The summed E-state index contributed by atoms with van der Waals surface area (Å²) in [6.45, 7) is 2.61. The van der Waals surface area contributed by atoms with Gasteiger partial charge in [0.05, 0.1) is 0 Å². The highest BCUT2D eigenvalue weighted by atomic mass is 35.5. The van der Waals surface area contributed by atoms with Gasteiger partial charge >= 0.3 is 0 Å². The second-order valence-electron chi connectivity index (χ2n) is 3.47. The van der Waals surface area contributed by atoms with Gasteiger partial charge in [0.25, 0.3) is 0 Å². The van der Waals surface area contributed by atoms with Gasteiger partial charge < -0.3 is 5.32 Å². The molecule has 0 atom stereocenters. The van der Waals surface area contributed by atoms with E-state index in [1.807, 2.05) is 12.1 Å². The summed E-state index contributed by atoms with van der Waals surface area (Å²) in [6, 6.07) is 8.13. The van der Waals surface area contributed by atoms with Crippen molar-refractivity contribution in [2.24, 2.45) is 0 Å². The average Bonchev–Trinajstić information content (AvgIpc) is 2.25. The quantitative estimate of drug-likeness (QED) is 0.766. The highest BCUT2D eigenvalue weighted by molar-refractivity contribution is 6.18. The first-order valence-electron chi connectivity index (χ1n) is 5.11. The fraction of sp³-hybridized carbons (Fsp3) is 0.417. The molecule has 0 aromatic heterocycles. The number of alkyl halides is 1. The van der Waals surface area contributed by atoms with Crippen molar-refractivity contribution in [3.8, 4) is 0 Å². The molecule has 0 radical (unpaired) electrons. The lowest BCUT2D eigenvalue weighted by Crippen LogP contribution is -2.25. The van der Waals surface area contributed by atoms with Gasteiger partial charge in [0.15, 0.2) is 0 Å². The zero-order valence-corrected chi connectivity index (χ0v) is 9.68. The maximum Gasteiger partial charge on any atom is 0.220 e. The van der Waals surface area contributed by atoms with Gasteiger partial charge in [0.1, 0.15) is 0 Å². The Labute approximate surface area is 95.6 Å². The van der Waals surface area contributed by atoms with Crippen LogP contribution in [-0.4, -0.2) is 18.3 Å². The zero-order valence-electron chi connectivity index (χ0n) is 8.92. The molecule has 1 aromatic carbocycles. The topological polar surface area (TPSA) is 29.1 Å². The summed E-state index contributed by atoms with van der Waals surface area (Å²) >= 11 is 5.47. The smallest absolute Gasteiger partial charge is 0.220 e. The number of amides is 1. The van der Waals surface area contributed by atoms with Gasteiger partial charge in [-0.3, -0.25) is 4.79 Å². The predicted molar refractivity (Wildman–Crippen MR) is 63.2 cm³/mol. The van der Waals surface area contributed by atoms with E-state index in [9.17, 15) is 4.79 Å². The lowest BCUT2D eigenvalue weighted by atomic mass is 10.0. The molecule has 82 valence electrons. The van der Waals surface area contributed by atoms with Crippen molar-refractivity contribution in [1.82, 2.24) is 5.32 Å². The highest BCUT2D eigenvalue weighted by Crippen LogP contribution is 2.09. The van der Waals surface area contributed by atoms with Crippen LogP contribution in [0.25, 0.3) is 0 Å². The minimum atomic E-state index is 0.0684. The van der Waals surface area contributed by atoms with Crippen molar-refractivity contribution in [1.29, 1.82) is 0 Å². The molecule has 0 aliphatic carbocycles. The van der Waals surface area contributed by atoms with Gasteiger partial charge in [0.2, 0.25) is 5.91 Å². The second-order valence-corrected chi connectivity index (χ2v) is 3.84. The first-order chi connectivity index (χ1) is 7.24. The van der Waals surface area contributed by atoms with Crippen molar-refractivity contribution >= 4 is 17.5 Å². The predicted octanol–water partition coefficient (Wildman–Crippen LogP) is 2.28. The molecule has 0 saturated heterocycles. The third kappa shape index (κ3) is 4.34. The Morgan fingerprint density at radius 1 is 1.40 bits per heavy atom. The van der Waals surface area contributed by atoms with Gasteiger partial charge in [0, 0.05) is 18.8 Å². The van der Waals surface area contributed by atoms with E-state index in [0.29, 0.717) is 18.8 Å². The summed E-state index contributed by atoms with van der Waals surface area (Å²) in [5, 5.41) is 2.75. The molecule has 0 aliphatic heterocycles. The maximum atomic E-state index is 11.3. The summed E-state index contributed by atoms with van der Waals surface area (Å²) in [5.74, 6) is 0.537. The molecule has 0 saturated carbocycles. The van der Waals surface area contributed by atoms with Gasteiger partial charge in [-0.25, -0.2) is 0 Å². The third-order valence-corrected chi connectivity index (χ3v) is 2.49. The molecule has 0 spiro atoms. The monoisotopic (exact) mass is 225 g/mol. The summed E-state index contributed by atoms with van der Waals surface area (Å²) in [5.41, 5.74) is 2.47. The molecular formula is C12H16ClNO. The van der Waals surface area contributed by atoms with E-state index in [1.165, 1.54) is 11.1 Å². The van der Waals surface area contributed by atoms with Gasteiger partial charge in [-0.05, 0) is 24.5 Å². The van der Waals surface area contributed by atoms with Crippen molar-refractivity contribution < 1.29 is 4.79 Å². The molecule has 0 heterocycles. The summed E-state index contributed by atoms with van der Waals surface area (Å²) in [6.07, 6.45) is 1.32. The minimum absolute atomic E-state index is 0.0684. The Hall–Kier alpha value is -1.02. The molecule has 0 aliphatic rings. The van der Waals surface area contributed by atoms with Gasteiger partial charge in [-0.1, -0.05) is 24.3 Å². The van der Waals surface area contributed by atoms with Gasteiger partial charge in [-0.2, -0.15) is 0 Å². The number of carbonyl (C=O) groups excluding carboxylic acids is 1. The Morgan fingerprint density at radius 3 is 2.80 bits per heavy atom. The molecule has 1 aromatic rings. The molecule has 0 fully saturated rings. The van der Waals surface area contributed by atoms with E-state index in [1.54, 1.807) is 0 Å². The van der Waals surface area contributed by atoms with Crippen LogP contribution in [0.4, 0.5) is 0 Å². The molecule has 2 nitrogen and oxygen atoms in total. The van der Waals surface area contributed by atoms with Crippen molar-refractivity contribution in [2.45, 2.75) is 19.8 Å². The van der Waals surface area contributed by atoms with Crippen LogP contribution in [0.1, 0.15) is 17.5 Å². The Morgan fingerprint density at radius 2 is 2.13 bits per heavy atom. The molecule has 1 amide bonds. The van der Waals surface area contributed by atoms with Crippen LogP contribution in [0.2, 0.25) is 0 Å². The minimum Gasteiger partial charge on any atom is -0.355 e. The first-order valence-corrected chi connectivity index (χ1v) is 5.64. The van der Waals surface area contributed by atoms with Crippen LogP contribution < -0.4 is 5.32 Å².